The number of amides is 1. The van der Waals surface area contributed by atoms with Gasteiger partial charge in [0.25, 0.3) is 5.91 Å². The van der Waals surface area contributed by atoms with E-state index < -0.39 is 12.1 Å². The number of esters is 1. The van der Waals surface area contributed by atoms with E-state index in [1.165, 1.54) is 4.68 Å². The summed E-state index contributed by atoms with van der Waals surface area (Å²) in [4.78, 5) is 24.8. The maximum Gasteiger partial charge on any atom is 0.344 e. The molecule has 1 atom stereocenters. The van der Waals surface area contributed by atoms with Crippen molar-refractivity contribution in [1.82, 2.24) is 15.1 Å². The molecule has 7 heteroatoms. The van der Waals surface area contributed by atoms with Crippen LogP contribution in [0.5, 0.6) is 0 Å². The summed E-state index contributed by atoms with van der Waals surface area (Å²) in [7, 11) is 0. The summed E-state index contributed by atoms with van der Waals surface area (Å²) in [5, 5.41) is 7.41. The number of carbonyl (C=O) groups excluding carboxylic acids is 2. The average molecular weight is 376 g/mol. The van der Waals surface area contributed by atoms with Crippen molar-refractivity contribution < 1.29 is 14.3 Å². The van der Waals surface area contributed by atoms with E-state index in [1.807, 2.05) is 30.3 Å². The molecule has 0 radical (unpaired) electrons. The highest BCUT2D eigenvalue weighted by atomic mass is 35.5. The Hall–Kier alpha value is -2.34. The molecule has 1 saturated carbocycles. The van der Waals surface area contributed by atoms with Crippen LogP contribution in [-0.4, -0.2) is 33.8 Å². The van der Waals surface area contributed by atoms with Crippen molar-refractivity contribution in [3.05, 3.63) is 46.7 Å². The fraction of sp³-hybridized carbons (Fsp3) is 0.421. The number of rotatable bonds is 5. The molecule has 26 heavy (non-hydrogen) atoms. The summed E-state index contributed by atoms with van der Waals surface area (Å²) in [6.07, 6.45) is 3.29. The normalized spacial score (nSPS) is 15.7. The molecule has 138 valence electrons. The van der Waals surface area contributed by atoms with E-state index in [0.29, 0.717) is 5.69 Å². The van der Waals surface area contributed by atoms with Crippen LogP contribution in [0.2, 0.25) is 5.15 Å². The smallest absolute Gasteiger partial charge is 0.344 e. The highest BCUT2D eigenvalue weighted by Gasteiger charge is 2.27. The van der Waals surface area contributed by atoms with Gasteiger partial charge in [-0.1, -0.05) is 42.6 Å². The Morgan fingerprint density at radius 2 is 1.92 bits per heavy atom. The van der Waals surface area contributed by atoms with Crippen LogP contribution in [0.4, 0.5) is 0 Å². The van der Waals surface area contributed by atoms with Gasteiger partial charge in [-0.25, -0.2) is 9.48 Å². The van der Waals surface area contributed by atoms with Gasteiger partial charge in [0.05, 0.1) is 11.4 Å². The highest BCUT2D eigenvalue weighted by Crippen LogP contribution is 2.25. The summed E-state index contributed by atoms with van der Waals surface area (Å²) >= 11 is 6.36. The Morgan fingerprint density at radius 3 is 2.58 bits per heavy atom. The lowest BCUT2D eigenvalue weighted by atomic mass is 10.2. The van der Waals surface area contributed by atoms with E-state index in [-0.39, 0.29) is 22.7 Å². The molecule has 1 N–H and O–H groups in total. The van der Waals surface area contributed by atoms with E-state index in [1.54, 1.807) is 13.8 Å². The molecule has 0 saturated heterocycles. The van der Waals surface area contributed by atoms with Crippen LogP contribution in [0.25, 0.3) is 5.69 Å². The van der Waals surface area contributed by atoms with Gasteiger partial charge in [0.1, 0.15) is 10.7 Å². The summed E-state index contributed by atoms with van der Waals surface area (Å²) in [5.41, 5.74) is 1.37. The first-order chi connectivity index (χ1) is 12.5. The van der Waals surface area contributed by atoms with Crippen molar-refractivity contribution in [1.29, 1.82) is 0 Å². The van der Waals surface area contributed by atoms with E-state index >= 15 is 0 Å². The number of halogens is 1. The molecule has 0 unspecified atom stereocenters. The third-order valence-electron chi connectivity index (χ3n) is 4.56. The summed E-state index contributed by atoms with van der Waals surface area (Å²) in [5.74, 6) is -0.932. The first-order valence-corrected chi connectivity index (χ1v) is 9.17. The standard InChI is InChI=1S/C19H22ClN3O3/c1-12-16(17(20)23(22-12)15-10-4-3-5-11-15)19(25)26-13(2)18(24)21-14-8-6-7-9-14/h3-5,10-11,13-14H,6-9H2,1-2H3,(H,21,24)/t13-/m0/s1. The Bertz CT molecular complexity index is 798. The zero-order chi connectivity index (χ0) is 18.7. The van der Waals surface area contributed by atoms with Crippen LogP contribution in [0.1, 0.15) is 48.7 Å². The van der Waals surface area contributed by atoms with Crippen LogP contribution in [0.3, 0.4) is 0 Å². The number of hydrogen-bond acceptors (Lipinski definition) is 4. The monoisotopic (exact) mass is 375 g/mol. The van der Waals surface area contributed by atoms with Crippen LogP contribution in [0.15, 0.2) is 30.3 Å². The van der Waals surface area contributed by atoms with E-state index in [0.717, 1.165) is 31.4 Å². The molecule has 1 amide bonds. The van der Waals surface area contributed by atoms with Gasteiger partial charge in [-0.15, -0.1) is 0 Å². The van der Waals surface area contributed by atoms with Gasteiger partial charge in [-0.2, -0.15) is 5.10 Å². The van der Waals surface area contributed by atoms with Crippen LogP contribution in [0, 0.1) is 6.92 Å². The van der Waals surface area contributed by atoms with Crippen LogP contribution < -0.4 is 5.32 Å². The second-order valence-electron chi connectivity index (χ2n) is 6.54. The van der Waals surface area contributed by atoms with E-state index in [2.05, 4.69) is 10.4 Å². The molecule has 2 aromatic rings. The zero-order valence-corrected chi connectivity index (χ0v) is 15.6. The maximum absolute atomic E-state index is 12.5. The molecule has 1 aromatic carbocycles. The second kappa shape index (κ2) is 7.91. The predicted octanol–water partition coefficient (Wildman–Crippen LogP) is 3.44. The summed E-state index contributed by atoms with van der Waals surface area (Å²) < 4.78 is 6.81. The molecule has 0 aliphatic heterocycles. The average Bonchev–Trinajstić information content (AvgIpc) is 3.23. The third kappa shape index (κ3) is 3.90. The lowest BCUT2D eigenvalue weighted by Crippen LogP contribution is -2.40. The molecular formula is C19H22ClN3O3. The minimum atomic E-state index is -0.890. The number of benzene rings is 1. The van der Waals surface area contributed by atoms with Gasteiger partial charge < -0.3 is 10.1 Å². The number of para-hydroxylation sites is 1. The van der Waals surface area contributed by atoms with E-state index in [4.69, 9.17) is 16.3 Å². The molecule has 3 rings (SSSR count). The number of aryl methyl sites for hydroxylation is 1. The maximum atomic E-state index is 12.5. The lowest BCUT2D eigenvalue weighted by Gasteiger charge is -2.17. The quantitative estimate of drug-likeness (QED) is 0.812. The fourth-order valence-electron chi connectivity index (χ4n) is 3.13. The minimum absolute atomic E-state index is 0.169. The Balaban J connectivity index is 1.71. The molecule has 1 aliphatic carbocycles. The fourth-order valence-corrected chi connectivity index (χ4v) is 3.48. The number of ether oxygens (including phenoxy) is 1. The number of nitrogens with zero attached hydrogens (tertiary/aromatic N) is 2. The molecule has 1 aliphatic rings. The van der Waals surface area contributed by atoms with Crippen molar-refractivity contribution in [3.63, 3.8) is 0 Å². The third-order valence-corrected chi connectivity index (χ3v) is 4.91. The number of hydrogen-bond donors (Lipinski definition) is 1. The summed E-state index contributed by atoms with van der Waals surface area (Å²) in [6.45, 7) is 3.25. The Labute approximate surface area is 157 Å². The largest absolute Gasteiger partial charge is 0.449 e. The van der Waals surface area contributed by atoms with Crippen LogP contribution >= 0.6 is 11.6 Å². The van der Waals surface area contributed by atoms with Crippen molar-refractivity contribution in [3.8, 4) is 5.69 Å². The first-order valence-electron chi connectivity index (χ1n) is 8.79. The van der Waals surface area contributed by atoms with Gasteiger partial charge in [0, 0.05) is 6.04 Å². The van der Waals surface area contributed by atoms with Crippen molar-refractivity contribution >= 4 is 23.5 Å². The Kier molecular flexibility index (Phi) is 5.61. The second-order valence-corrected chi connectivity index (χ2v) is 6.89. The summed E-state index contributed by atoms with van der Waals surface area (Å²) in [6, 6.07) is 9.45. The molecule has 1 heterocycles. The molecule has 1 fully saturated rings. The van der Waals surface area contributed by atoms with Crippen LogP contribution in [-0.2, 0) is 9.53 Å². The number of carbonyl (C=O) groups is 2. The number of nitrogens with one attached hydrogen (secondary N) is 1. The molecule has 1 aromatic heterocycles. The van der Waals surface area contributed by atoms with Crippen molar-refractivity contribution in [2.45, 2.75) is 51.7 Å². The minimum Gasteiger partial charge on any atom is -0.449 e. The van der Waals surface area contributed by atoms with Gasteiger partial charge in [0.15, 0.2) is 6.10 Å². The number of aromatic nitrogens is 2. The first kappa shape index (κ1) is 18.5. The zero-order valence-electron chi connectivity index (χ0n) is 14.9. The topological polar surface area (TPSA) is 73.2 Å². The molecular weight excluding hydrogens is 354 g/mol. The van der Waals surface area contributed by atoms with E-state index in [9.17, 15) is 9.59 Å². The van der Waals surface area contributed by atoms with Crippen molar-refractivity contribution in [2.75, 3.05) is 0 Å². The predicted molar refractivity (Wildman–Crippen MR) is 98.6 cm³/mol. The molecule has 0 spiro atoms. The molecule has 0 bridgehead atoms. The van der Waals surface area contributed by atoms with Gasteiger partial charge in [-0.05, 0) is 38.8 Å². The Morgan fingerprint density at radius 1 is 1.27 bits per heavy atom. The van der Waals surface area contributed by atoms with Crippen molar-refractivity contribution in [2.24, 2.45) is 0 Å². The van der Waals surface area contributed by atoms with Gasteiger partial charge in [-0.3, -0.25) is 4.79 Å². The SMILES string of the molecule is Cc1nn(-c2ccccc2)c(Cl)c1C(=O)O[C@@H](C)C(=O)NC1CCCC1. The van der Waals surface area contributed by atoms with Gasteiger partial charge in [0.2, 0.25) is 0 Å². The molecule has 6 nitrogen and oxygen atoms in total. The lowest BCUT2D eigenvalue weighted by molar-refractivity contribution is -0.129. The van der Waals surface area contributed by atoms with Gasteiger partial charge >= 0.3 is 5.97 Å². The highest BCUT2D eigenvalue weighted by molar-refractivity contribution is 6.33.